The van der Waals surface area contributed by atoms with E-state index in [2.05, 4.69) is 26.9 Å². The highest BCUT2D eigenvalue weighted by atomic mass is 16.1. The molecule has 23 heavy (non-hydrogen) atoms. The summed E-state index contributed by atoms with van der Waals surface area (Å²) in [5.41, 5.74) is 1.45. The first-order valence-corrected chi connectivity index (χ1v) is 8.26. The van der Waals surface area contributed by atoms with Gasteiger partial charge in [0, 0.05) is 18.7 Å². The van der Waals surface area contributed by atoms with E-state index in [1.165, 1.54) is 19.3 Å². The van der Waals surface area contributed by atoms with Gasteiger partial charge in [-0.15, -0.1) is 0 Å². The molecular weight excluding hydrogens is 290 g/mol. The molecule has 2 aromatic rings. The number of piperidine rings is 1. The first-order valence-electron chi connectivity index (χ1n) is 8.26. The number of hydrogen-bond acceptors (Lipinski definition) is 5. The lowest BCUT2D eigenvalue weighted by molar-refractivity contribution is 0.101. The number of Topliss-reactive ketones (excluding diaryl/α,β-unsaturated/α-hetero) is 1. The third-order valence-electron chi connectivity index (χ3n) is 4.64. The Balaban J connectivity index is 1.95. The number of nitrogens with zero attached hydrogens (tertiary/aromatic N) is 5. The molecular formula is C17H23N5O. The van der Waals surface area contributed by atoms with Crippen LogP contribution in [0.25, 0.3) is 5.82 Å². The van der Waals surface area contributed by atoms with Gasteiger partial charge in [-0.2, -0.15) is 5.10 Å². The molecule has 3 rings (SSSR count). The molecule has 3 heterocycles. The highest BCUT2D eigenvalue weighted by Gasteiger charge is 2.23. The van der Waals surface area contributed by atoms with Crippen molar-refractivity contribution in [3.05, 3.63) is 29.8 Å². The summed E-state index contributed by atoms with van der Waals surface area (Å²) < 4.78 is 1.72. The zero-order valence-corrected chi connectivity index (χ0v) is 14.0. The minimum absolute atomic E-state index is 0.0186. The van der Waals surface area contributed by atoms with Gasteiger partial charge in [0.15, 0.2) is 11.6 Å². The van der Waals surface area contributed by atoms with Crippen molar-refractivity contribution < 1.29 is 4.79 Å². The van der Waals surface area contributed by atoms with E-state index in [9.17, 15) is 4.79 Å². The molecule has 1 aliphatic heterocycles. The van der Waals surface area contributed by atoms with Crippen LogP contribution >= 0.6 is 0 Å². The summed E-state index contributed by atoms with van der Waals surface area (Å²) in [6, 6.07) is 2.51. The number of ketones is 1. The van der Waals surface area contributed by atoms with E-state index in [1.807, 2.05) is 13.0 Å². The Morgan fingerprint density at radius 2 is 2.09 bits per heavy atom. The Morgan fingerprint density at radius 1 is 1.30 bits per heavy atom. The topological polar surface area (TPSA) is 63.9 Å². The number of carbonyl (C=O) groups is 1. The van der Waals surface area contributed by atoms with Crippen LogP contribution in [0.1, 0.15) is 55.6 Å². The molecule has 1 saturated heterocycles. The van der Waals surface area contributed by atoms with Crippen molar-refractivity contribution in [3.63, 3.8) is 0 Å². The summed E-state index contributed by atoms with van der Waals surface area (Å²) in [6.07, 6.45) is 8.01. The molecule has 1 aliphatic rings. The predicted molar refractivity (Wildman–Crippen MR) is 89.2 cm³/mol. The molecule has 0 spiro atoms. The Labute approximate surface area is 136 Å². The van der Waals surface area contributed by atoms with Gasteiger partial charge in [0.2, 0.25) is 0 Å². The molecule has 6 heteroatoms. The maximum absolute atomic E-state index is 11.6. The Kier molecular flexibility index (Phi) is 4.41. The molecule has 0 amide bonds. The van der Waals surface area contributed by atoms with Crippen molar-refractivity contribution in [2.75, 3.05) is 11.4 Å². The molecule has 0 radical (unpaired) electrons. The standard InChI is InChI=1S/C17H23N5O/c1-4-14-7-5-6-8-21(14)16-9-17(19-11-18-16)22-12(2)15(10-20-22)13(3)23/h9-11,14H,4-8H2,1-3H3. The molecule has 0 aliphatic carbocycles. The number of anilines is 1. The Bertz CT molecular complexity index is 709. The zero-order chi connectivity index (χ0) is 16.4. The summed E-state index contributed by atoms with van der Waals surface area (Å²) in [7, 11) is 0. The van der Waals surface area contributed by atoms with E-state index >= 15 is 0 Å². The second-order valence-electron chi connectivity index (χ2n) is 6.10. The second-order valence-corrected chi connectivity index (χ2v) is 6.10. The lowest BCUT2D eigenvalue weighted by Gasteiger charge is -2.36. The smallest absolute Gasteiger partial charge is 0.163 e. The van der Waals surface area contributed by atoms with Crippen LogP contribution in [0.3, 0.4) is 0 Å². The van der Waals surface area contributed by atoms with Crippen LogP contribution in [0.4, 0.5) is 5.82 Å². The van der Waals surface area contributed by atoms with Gasteiger partial charge in [-0.25, -0.2) is 14.6 Å². The fraction of sp³-hybridized carbons (Fsp3) is 0.529. The summed E-state index contributed by atoms with van der Waals surface area (Å²) in [6.45, 7) is 6.70. The van der Waals surface area contributed by atoms with Crippen molar-refractivity contribution in [1.29, 1.82) is 0 Å². The van der Waals surface area contributed by atoms with Gasteiger partial charge in [0.05, 0.1) is 17.5 Å². The van der Waals surface area contributed by atoms with Crippen molar-refractivity contribution in [2.45, 2.75) is 52.5 Å². The zero-order valence-electron chi connectivity index (χ0n) is 14.0. The van der Waals surface area contributed by atoms with Gasteiger partial charge in [0.25, 0.3) is 0 Å². The number of hydrogen-bond donors (Lipinski definition) is 0. The molecule has 2 aromatic heterocycles. The largest absolute Gasteiger partial charge is 0.353 e. The minimum atomic E-state index is 0.0186. The van der Waals surface area contributed by atoms with Crippen molar-refractivity contribution in [3.8, 4) is 5.82 Å². The van der Waals surface area contributed by atoms with E-state index < -0.39 is 0 Å². The predicted octanol–water partition coefficient (Wildman–Crippen LogP) is 2.94. The molecule has 0 aromatic carbocycles. The van der Waals surface area contributed by atoms with Crippen LogP contribution in [-0.4, -0.2) is 38.1 Å². The van der Waals surface area contributed by atoms with E-state index in [-0.39, 0.29) is 5.78 Å². The number of rotatable bonds is 4. The third kappa shape index (κ3) is 2.98. The van der Waals surface area contributed by atoms with Crippen LogP contribution in [0.15, 0.2) is 18.6 Å². The maximum atomic E-state index is 11.6. The molecule has 1 unspecified atom stereocenters. The fourth-order valence-electron chi connectivity index (χ4n) is 3.32. The Morgan fingerprint density at radius 3 is 2.78 bits per heavy atom. The van der Waals surface area contributed by atoms with Gasteiger partial charge >= 0.3 is 0 Å². The van der Waals surface area contributed by atoms with Crippen LogP contribution in [0.5, 0.6) is 0 Å². The normalized spacial score (nSPS) is 18.2. The van der Waals surface area contributed by atoms with E-state index in [1.54, 1.807) is 24.1 Å². The summed E-state index contributed by atoms with van der Waals surface area (Å²) in [5, 5.41) is 4.32. The molecule has 1 atom stereocenters. The quantitative estimate of drug-likeness (QED) is 0.812. The van der Waals surface area contributed by atoms with Crippen molar-refractivity contribution in [2.24, 2.45) is 0 Å². The number of aromatic nitrogens is 4. The van der Waals surface area contributed by atoms with E-state index in [4.69, 9.17) is 0 Å². The highest BCUT2D eigenvalue weighted by Crippen LogP contribution is 2.26. The Hall–Kier alpha value is -2.24. The fourth-order valence-corrected chi connectivity index (χ4v) is 3.32. The van der Waals surface area contributed by atoms with Crippen LogP contribution in [0.2, 0.25) is 0 Å². The average molecular weight is 313 g/mol. The molecule has 122 valence electrons. The monoisotopic (exact) mass is 313 g/mol. The maximum Gasteiger partial charge on any atom is 0.163 e. The molecule has 0 saturated carbocycles. The van der Waals surface area contributed by atoms with Gasteiger partial charge in [0.1, 0.15) is 12.1 Å². The van der Waals surface area contributed by atoms with Gasteiger partial charge in [-0.1, -0.05) is 6.92 Å². The molecule has 6 nitrogen and oxygen atoms in total. The first kappa shape index (κ1) is 15.6. The summed E-state index contributed by atoms with van der Waals surface area (Å²) >= 11 is 0. The van der Waals surface area contributed by atoms with E-state index in [0.29, 0.717) is 17.4 Å². The second kappa shape index (κ2) is 6.48. The highest BCUT2D eigenvalue weighted by molar-refractivity contribution is 5.95. The van der Waals surface area contributed by atoms with Gasteiger partial charge in [-0.05, 0) is 39.5 Å². The van der Waals surface area contributed by atoms with Crippen LogP contribution in [-0.2, 0) is 0 Å². The number of carbonyl (C=O) groups excluding carboxylic acids is 1. The van der Waals surface area contributed by atoms with Crippen molar-refractivity contribution >= 4 is 11.6 Å². The third-order valence-corrected chi connectivity index (χ3v) is 4.64. The molecule has 1 fully saturated rings. The van der Waals surface area contributed by atoms with Gasteiger partial charge in [-0.3, -0.25) is 4.79 Å². The lowest BCUT2D eigenvalue weighted by atomic mass is 10.0. The molecule has 0 bridgehead atoms. The minimum Gasteiger partial charge on any atom is -0.353 e. The van der Waals surface area contributed by atoms with Crippen LogP contribution in [0, 0.1) is 6.92 Å². The van der Waals surface area contributed by atoms with Gasteiger partial charge < -0.3 is 4.90 Å². The summed E-state index contributed by atoms with van der Waals surface area (Å²) in [5.74, 6) is 1.67. The summed E-state index contributed by atoms with van der Waals surface area (Å²) in [4.78, 5) is 22.8. The van der Waals surface area contributed by atoms with E-state index in [0.717, 1.165) is 24.5 Å². The first-order chi connectivity index (χ1) is 11.1. The van der Waals surface area contributed by atoms with Crippen LogP contribution < -0.4 is 4.90 Å². The lowest BCUT2D eigenvalue weighted by Crippen LogP contribution is -2.39. The molecule has 0 N–H and O–H groups in total. The SMILES string of the molecule is CCC1CCCCN1c1cc(-n2ncc(C(C)=O)c2C)ncn1. The average Bonchev–Trinajstić information content (AvgIpc) is 2.96. The van der Waals surface area contributed by atoms with Crippen molar-refractivity contribution in [1.82, 2.24) is 19.7 Å².